The van der Waals surface area contributed by atoms with Crippen LogP contribution in [0.2, 0.25) is 0 Å². The molecule has 4 rings (SSSR count). The largest absolute Gasteiger partial charge is 0.350 e. The van der Waals surface area contributed by atoms with Crippen molar-refractivity contribution >= 4 is 28.6 Å². The molecule has 0 unspecified atom stereocenters. The fourth-order valence-electron chi connectivity index (χ4n) is 2.72. The molecule has 0 fully saturated rings. The van der Waals surface area contributed by atoms with Crippen LogP contribution < -0.4 is 5.32 Å². The lowest BCUT2D eigenvalue weighted by molar-refractivity contribution is 0.0949. The first-order valence-electron chi connectivity index (χ1n) is 8.45. The van der Waals surface area contributed by atoms with E-state index in [-0.39, 0.29) is 5.91 Å². The molecule has 0 spiro atoms. The molecule has 0 aliphatic carbocycles. The molecule has 138 valence electrons. The Labute approximate surface area is 164 Å². The molecule has 0 saturated carbocycles. The number of aromatic amines is 1. The summed E-state index contributed by atoms with van der Waals surface area (Å²) < 4.78 is 1.85. The third kappa shape index (κ3) is 3.83. The molecule has 4 aromatic rings. The predicted octanol–water partition coefficient (Wildman–Crippen LogP) is 3.37. The van der Waals surface area contributed by atoms with Gasteiger partial charge in [-0.05, 0) is 37.4 Å². The van der Waals surface area contributed by atoms with Crippen molar-refractivity contribution in [3.8, 4) is 15.7 Å². The highest BCUT2D eigenvalue weighted by Gasteiger charge is 2.12. The first-order chi connectivity index (χ1) is 13.1. The van der Waals surface area contributed by atoms with E-state index in [1.807, 2.05) is 47.5 Å². The maximum Gasteiger partial charge on any atom is 0.271 e. The summed E-state index contributed by atoms with van der Waals surface area (Å²) in [6.45, 7) is 4.47. The number of carbonyl (C=O) groups excluding carboxylic acids is 1. The van der Waals surface area contributed by atoms with E-state index in [1.165, 1.54) is 0 Å². The number of H-pyrrole nitrogens is 1. The standard InChI is InChI=1S/C18H18N6OS2/c1-11-8-12(2)24(23-11)18-20-13(10-27-18)5-6-19-17(25)15-9-14(21-22-15)16-4-3-7-26-16/h3-4,7-10H,5-6H2,1-2H3,(H,19,25)(H,21,22). The van der Waals surface area contributed by atoms with Gasteiger partial charge in [0.05, 0.1) is 22.0 Å². The monoisotopic (exact) mass is 398 g/mol. The van der Waals surface area contributed by atoms with E-state index in [9.17, 15) is 4.79 Å². The minimum Gasteiger partial charge on any atom is -0.350 e. The Morgan fingerprint density at radius 3 is 2.93 bits per heavy atom. The lowest BCUT2D eigenvalue weighted by Crippen LogP contribution is -2.26. The minimum atomic E-state index is -0.192. The second-order valence-electron chi connectivity index (χ2n) is 6.11. The zero-order valence-electron chi connectivity index (χ0n) is 14.9. The van der Waals surface area contributed by atoms with Crippen molar-refractivity contribution in [2.75, 3.05) is 6.54 Å². The molecule has 0 radical (unpaired) electrons. The fraction of sp³-hybridized carbons (Fsp3) is 0.222. The van der Waals surface area contributed by atoms with Gasteiger partial charge < -0.3 is 5.32 Å². The normalized spacial score (nSPS) is 11.0. The van der Waals surface area contributed by atoms with Crippen LogP contribution in [0.15, 0.2) is 35.0 Å². The summed E-state index contributed by atoms with van der Waals surface area (Å²) in [5, 5.41) is 19.2. The lowest BCUT2D eigenvalue weighted by Gasteiger charge is -2.01. The smallest absolute Gasteiger partial charge is 0.271 e. The third-order valence-corrected chi connectivity index (χ3v) is 5.76. The highest BCUT2D eigenvalue weighted by atomic mass is 32.1. The fourth-order valence-corrected chi connectivity index (χ4v) is 4.28. The Kier molecular flexibility index (Phi) is 4.87. The van der Waals surface area contributed by atoms with Gasteiger partial charge in [-0.15, -0.1) is 22.7 Å². The molecule has 0 atom stereocenters. The van der Waals surface area contributed by atoms with Gasteiger partial charge in [-0.2, -0.15) is 10.2 Å². The SMILES string of the molecule is Cc1cc(C)n(-c2nc(CCNC(=O)c3cc(-c4cccs4)[nH]n3)cs2)n1. The molecule has 0 aliphatic rings. The van der Waals surface area contributed by atoms with Gasteiger partial charge in [0.2, 0.25) is 5.13 Å². The highest BCUT2D eigenvalue weighted by Crippen LogP contribution is 2.23. The zero-order chi connectivity index (χ0) is 18.8. The number of hydrogen-bond acceptors (Lipinski definition) is 6. The molecular formula is C18H18N6OS2. The summed E-state index contributed by atoms with van der Waals surface area (Å²) in [6, 6.07) is 7.75. The van der Waals surface area contributed by atoms with Crippen LogP contribution in [0.3, 0.4) is 0 Å². The second-order valence-corrected chi connectivity index (χ2v) is 7.89. The van der Waals surface area contributed by atoms with Crippen molar-refractivity contribution in [3.63, 3.8) is 0 Å². The van der Waals surface area contributed by atoms with Gasteiger partial charge in [0.15, 0.2) is 5.69 Å². The average Bonchev–Trinajstić information content (AvgIpc) is 3.42. The van der Waals surface area contributed by atoms with Crippen LogP contribution in [0.1, 0.15) is 27.6 Å². The van der Waals surface area contributed by atoms with Crippen LogP contribution in [0.25, 0.3) is 15.7 Å². The summed E-state index contributed by atoms with van der Waals surface area (Å²) in [5.41, 5.74) is 4.20. The third-order valence-electron chi connectivity index (χ3n) is 3.99. The Morgan fingerprint density at radius 1 is 1.30 bits per heavy atom. The molecule has 4 aromatic heterocycles. The first-order valence-corrected chi connectivity index (χ1v) is 10.2. The minimum absolute atomic E-state index is 0.192. The number of rotatable bonds is 6. The van der Waals surface area contributed by atoms with Crippen LogP contribution >= 0.6 is 22.7 Å². The number of hydrogen-bond donors (Lipinski definition) is 2. The molecular weight excluding hydrogens is 380 g/mol. The van der Waals surface area contributed by atoms with Gasteiger partial charge >= 0.3 is 0 Å². The van der Waals surface area contributed by atoms with Gasteiger partial charge in [-0.25, -0.2) is 9.67 Å². The quantitative estimate of drug-likeness (QED) is 0.521. The predicted molar refractivity (Wildman–Crippen MR) is 107 cm³/mol. The molecule has 0 aliphatic heterocycles. The van der Waals surface area contributed by atoms with Crippen LogP contribution in [-0.2, 0) is 6.42 Å². The average molecular weight is 399 g/mol. The number of amides is 1. The van der Waals surface area contributed by atoms with Crippen molar-refractivity contribution < 1.29 is 4.79 Å². The summed E-state index contributed by atoms with van der Waals surface area (Å²) >= 11 is 3.15. The molecule has 2 N–H and O–H groups in total. The van der Waals surface area contributed by atoms with Crippen molar-refractivity contribution in [1.82, 2.24) is 30.3 Å². The number of thiazole rings is 1. The Hall–Kier alpha value is -2.78. The number of carbonyl (C=O) groups is 1. The topological polar surface area (TPSA) is 88.5 Å². The summed E-state index contributed by atoms with van der Waals surface area (Å²) in [6.07, 6.45) is 0.656. The van der Waals surface area contributed by atoms with Gasteiger partial charge in [-0.3, -0.25) is 9.89 Å². The lowest BCUT2D eigenvalue weighted by atomic mass is 10.3. The van der Waals surface area contributed by atoms with Crippen molar-refractivity contribution in [2.45, 2.75) is 20.3 Å². The molecule has 7 nitrogen and oxygen atoms in total. The molecule has 1 amide bonds. The van der Waals surface area contributed by atoms with E-state index in [4.69, 9.17) is 0 Å². The Balaban J connectivity index is 1.34. The number of nitrogens with zero attached hydrogens (tertiary/aromatic N) is 4. The Morgan fingerprint density at radius 2 is 2.19 bits per heavy atom. The van der Waals surface area contributed by atoms with Crippen LogP contribution in [0.5, 0.6) is 0 Å². The van der Waals surface area contributed by atoms with E-state index in [1.54, 1.807) is 28.7 Å². The van der Waals surface area contributed by atoms with E-state index in [2.05, 4.69) is 25.6 Å². The van der Waals surface area contributed by atoms with Crippen LogP contribution in [-0.4, -0.2) is 37.4 Å². The number of nitrogens with one attached hydrogen (secondary N) is 2. The molecule has 9 heteroatoms. The molecule has 4 heterocycles. The van der Waals surface area contributed by atoms with E-state index >= 15 is 0 Å². The van der Waals surface area contributed by atoms with Gasteiger partial charge in [0, 0.05) is 24.0 Å². The van der Waals surface area contributed by atoms with Gasteiger partial charge in [0.1, 0.15) is 0 Å². The number of aryl methyl sites for hydroxylation is 2. The van der Waals surface area contributed by atoms with E-state index < -0.39 is 0 Å². The summed E-state index contributed by atoms with van der Waals surface area (Å²) in [4.78, 5) is 17.9. The summed E-state index contributed by atoms with van der Waals surface area (Å²) in [7, 11) is 0. The van der Waals surface area contributed by atoms with E-state index in [0.717, 1.165) is 32.8 Å². The molecule has 27 heavy (non-hydrogen) atoms. The maximum absolute atomic E-state index is 12.3. The maximum atomic E-state index is 12.3. The van der Waals surface area contributed by atoms with Crippen molar-refractivity contribution in [2.24, 2.45) is 0 Å². The molecule has 0 aromatic carbocycles. The molecule has 0 bridgehead atoms. The summed E-state index contributed by atoms with van der Waals surface area (Å²) in [5.74, 6) is -0.192. The highest BCUT2D eigenvalue weighted by molar-refractivity contribution is 7.13. The zero-order valence-corrected chi connectivity index (χ0v) is 16.5. The second kappa shape index (κ2) is 7.45. The van der Waals surface area contributed by atoms with Crippen molar-refractivity contribution in [1.29, 1.82) is 0 Å². The Bertz CT molecular complexity index is 1060. The van der Waals surface area contributed by atoms with E-state index in [0.29, 0.717) is 18.7 Å². The van der Waals surface area contributed by atoms with Crippen LogP contribution in [0, 0.1) is 13.8 Å². The molecule has 0 saturated heterocycles. The van der Waals surface area contributed by atoms with Gasteiger partial charge in [-0.1, -0.05) is 6.07 Å². The number of aromatic nitrogens is 5. The van der Waals surface area contributed by atoms with Crippen molar-refractivity contribution in [3.05, 3.63) is 57.8 Å². The van der Waals surface area contributed by atoms with Gasteiger partial charge in [0.25, 0.3) is 5.91 Å². The number of thiophene rings is 1. The first kappa shape index (κ1) is 17.6. The van der Waals surface area contributed by atoms with Crippen LogP contribution in [0.4, 0.5) is 0 Å².